The van der Waals surface area contributed by atoms with E-state index in [0.717, 1.165) is 11.6 Å². The summed E-state index contributed by atoms with van der Waals surface area (Å²) >= 11 is 0. The molecular weight excluding hydrogens is 299 g/mol. The lowest BCUT2D eigenvalue weighted by atomic mass is 10.2. The largest absolute Gasteiger partial charge is 0.497 e. The van der Waals surface area contributed by atoms with E-state index >= 15 is 0 Å². The van der Waals surface area contributed by atoms with E-state index in [0.29, 0.717) is 11.4 Å². The maximum Gasteiger partial charge on any atom is 0.252 e. The molecule has 1 aromatic carbocycles. The number of pyridine rings is 1. The lowest BCUT2D eigenvalue weighted by molar-refractivity contribution is 0.100. The number of aromatic nitrogens is 1. The fraction of sp³-hybridized carbons (Fsp3) is 0.250. The molecule has 122 valence electrons. The van der Waals surface area contributed by atoms with Crippen molar-refractivity contribution in [3.63, 3.8) is 0 Å². The predicted octanol–water partition coefficient (Wildman–Crippen LogP) is 2.45. The average molecular weight is 318 g/mol. The highest BCUT2D eigenvalue weighted by atomic mass is 19.1. The monoisotopic (exact) mass is 318 g/mol. The highest BCUT2D eigenvalue weighted by Crippen LogP contribution is 2.27. The molecule has 0 unspecified atom stereocenters. The minimum atomic E-state index is -0.760. The molecule has 0 fully saturated rings. The molecule has 1 aromatic heterocycles. The maximum atomic E-state index is 14.0. The quantitative estimate of drug-likeness (QED) is 0.885. The first-order valence-electron chi connectivity index (χ1n) is 6.92. The van der Waals surface area contributed by atoms with Crippen molar-refractivity contribution in [1.82, 2.24) is 4.98 Å². The molecule has 1 amide bonds. The van der Waals surface area contributed by atoms with E-state index in [4.69, 9.17) is 10.5 Å². The van der Waals surface area contributed by atoms with Gasteiger partial charge < -0.3 is 20.7 Å². The summed E-state index contributed by atoms with van der Waals surface area (Å²) in [5.41, 5.74) is 6.93. The van der Waals surface area contributed by atoms with Crippen LogP contribution in [-0.2, 0) is 0 Å². The summed E-state index contributed by atoms with van der Waals surface area (Å²) in [6.07, 6.45) is 0. The van der Waals surface area contributed by atoms with Crippen molar-refractivity contribution >= 4 is 23.2 Å². The number of nitrogens with two attached hydrogens (primary N) is 1. The Labute approximate surface area is 134 Å². The van der Waals surface area contributed by atoms with Crippen LogP contribution in [0.15, 0.2) is 24.3 Å². The number of benzene rings is 1. The summed E-state index contributed by atoms with van der Waals surface area (Å²) in [5, 5.41) is 3.01. The Hall–Kier alpha value is -2.83. The van der Waals surface area contributed by atoms with Gasteiger partial charge in [0.05, 0.1) is 12.7 Å². The predicted molar refractivity (Wildman–Crippen MR) is 88.1 cm³/mol. The molecule has 0 saturated heterocycles. The van der Waals surface area contributed by atoms with Gasteiger partial charge in [0, 0.05) is 25.8 Å². The molecule has 0 atom stereocenters. The van der Waals surface area contributed by atoms with Gasteiger partial charge >= 0.3 is 0 Å². The van der Waals surface area contributed by atoms with Gasteiger partial charge in [-0.1, -0.05) is 0 Å². The second kappa shape index (κ2) is 6.51. The van der Waals surface area contributed by atoms with Gasteiger partial charge in [0.25, 0.3) is 5.91 Å². The Morgan fingerprint density at radius 2 is 2.00 bits per heavy atom. The molecule has 6 nitrogen and oxygen atoms in total. The van der Waals surface area contributed by atoms with Gasteiger partial charge in [0.1, 0.15) is 11.6 Å². The van der Waals surface area contributed by atoms with Crippen LogP contribution in [0.1, 0.15) is 15.9 Å². The maximum absolute atomic E-state index is 14.0. The number of nitrogens with one attached hydrogen (secondary N) is 1. The average Bonchev–Trinajstić information content (AvgIpc) is 2.47. The minimum Gasteiger partial charge on any atom is -0.497 e. The standard InChI is InChI=1S/C16H19FN4O2/c1-9-5-10(7-11(6-9)23-4)19-15-12(14(18)22)8-13(17)16(20-15)21(2)3/h5-8H,1-4H3,(H2,18,22)(H,19,20). The van der Waals surface area contributed by atoms with E-state index in [1.807, 2.05) is 19.1 Å². The van der Waals surface area contributed by atoms with E-state index in [1.165, 1.54) is 4.90 Å². The van der Waals surface area contributed by atoms with E-state index < -0.39 is 11.7 Å². The van der Waals surface area contributed by atoms with Crippen molar-refractivity contribution in [2.24, 2.45) is 5.73 Å². The normalized spacial score (nSPS) is 10.3. The lowest BCUT2D eigenvalue weighted by Gasteiger charge is -2.17. The third-order valence-electron chi connectivity index (χ3n) is 3.20. The number of rotatable bonds is 5. The van der Waals surface area contributed by atoms with Crippen molar-refractivity contribution in [2.45, 2.75) is 6.92 Å². The van der Waals surface area contributed by atoms with Crippen LogP contribution in [0.5, 0.6) is 5.75 Å². The van der Waals surface area contributed by atoms with Crippen molar-refractivity contribution in [2.75, 3.05) is 31.4 Å². The molecule has 0 saturated carbocycles. The highest BCUT2D eigenvalue weighted by Gasteiger charge is 2.17. The number of carbonyl (C=O) groups excluding carboxylic acids is 1. The minimum absolute atomic E-state index is 0.0198. The number of hydrogen-bond donors (Lipinski definition) is 2. The molecule has 0 bridgehead atoms. The van der Waals surface area contributed by atoms with Crippen molar-refractivity contribution in [3.8, 4) is 5.75 Å². The SMILES string of the molecule is COc1cc(C)cc(Nc2nc(N(C)C)c(F)cc2C(N)=O)c1. The number of primary amides is 1. The van der Waals surface area contributed by atoms with Gasteiger partial charge in [-0.25, -0.2) is 9.37 Å². The second-order valence-electron chi connectivity index (χ2n) is 5.31. The molecule has 23 heavy (non-hydrogen) atoms. The molecule has 2 rings (SSSR count). The Morgan fingerprint density at radius 1 is 1.30 bits per heavy atom. The van der Waals surface area contributed by atoms with Crippen LogP contribution in [0, 0.1) is 12.7 Å². The number of ether oxygens (including phenoxy) is 1. The number of halogens is 1. The van der Waals surface area contributed by atoms with Crippen molar-refractivity contribution in [3.05, 3.63) is 41.2 Å². The van der Waals surface area contributed by atoms with Gasteiger partial charge in [0.2, 0.25) is 0 Å². The zero-order valence-corrected chi connectivity index (χ0v) is 13.5. The third-order valence-corrected chi connectivity index (χ3v) is 3.20. The molecule has 1 heterocycles. The molecule has 0 radical (unpaired) electrons. The zero-order chi connectivity index (χ0) is 17.1. The first-order valence-corrected chi connectivity index (χ1v) is 6.92. The summed E-state index contributed by atoms with van der Waals surface area (Å²) in [7, 11) is 4.89. The van der Waals surface area contributed by atoms with Gasteiger partial charge in [-0.05, 0) is 30.7 Å². The smallest absolute Gasteiger partial charge is 0.252 e. The Balaban J connectivity index is 2.51. The molecular formula is C16H19FN4O2. The number of carbonyl (C=O) groups is 1. The van der Waals surface area contributed by atoms with Gasteiger partial charge in [-0.3, -0.25) is 4.79 Å². The lowest BCUT2D eigenvalue weighted by Crippen LogP contribution is -2.19. The molecule has 2 aromatic rings. The number of aryl methyl sites for hydroxylation is 1. The number of methoxy groups -OCH3 is 1. The number of nitrogens with zero attached hydrogens (tertiary/aromatic N) is 2. The number of hydrogen-bond acceptors (Lipinski definition) is 5. The van der Waals surface area contributed by atoms with Crippen LogP contribution < -0.4 is 20.7 Å². The second-order valence-corrected chi connectivity index (χ2v) is 5.31. The highest BCUT2D eigenvalue weighted by molar-refractivity contribution is 5.98. The molecule has 0 aliphatic carbocycles. The fourth-order valence-electron chi connectivity index (χ4n) is 2.15. The summed E-state index contributed by atoms with van der Waals surface area (Å²) in [6, 6.07) is 6.55. The summed E-state index contributed by atoms with van der Waals surface area (Å²) in [6.45, 7) is 1.91. The van der Waals surface area contributed by atoms with E-state index in [1.54, 1.807) is 27.3 Å². The molecule has 3 N–H and O–H groups in total. The first-order chi connectivity index (χ1) is 10.8. The zero-order valence-electron chi connectivity index (χ0n) is 13.5. The Bertz CT molecular complexity index is 747. The summed E-state index contributed by atoms with van der Waals surface area (Å²) in [5.74, 6) is -0.421. The van der Waals surface area contributed by atoms with Gasteiger partial charge in [-0.2, -0.15) is 0 Å². The van der Waals surface area contributed by atoms with Crippen LogP contribution in [0.25, 0.3) is 0 Å². The Morgan fingerprint density at radius 3 is 2.57 bits per heavy atom. The van der Waals surface area contributed by atoms with Crippen molar-refractivity contribution < 1.29 is 13.9 Å². The molecule has 7 heteroatoms. The molecule has 0 aliphatic rings. The van der Waals surface area contributed by atoms with Crippen LogP contribution in [-0.4, -0.2) is 32.1 Å². The Kier molecular flexibility index (Phi) is 4.68. The van der Waals surface area contributed by atoms with Crippen LogP contribution in [0.3, 0.4) is 0 Å². The summed E-state index contributed by atoms with van der Waals surface area (Å²) < 4.78 is 19.2. The van der Waals surface area contributed by atoms with E-state index in [2.05, 4.69) is 10.3 Å². The summed E-state index contributed by atoms with van der Waals surface area (Å²) in [4.78, 5) is 17.3. The van der Waals surface area contributed by atoms with Crippen LogP contribution >= 0.6 is 0 Å². The number of anilines is 3. The molecule has 0 spiro atoms. The number of amides is 1. The van der Waals surface area contributed by atoms with E-state index in [9.17, 15) is 9.18 Å². The fourth-order valence-corrected chi connectivity index (χ4v) is 2.15. The molecule has 0 aliphatic heterocycles. The third kappa shape index (κ3) is 3.68. The van der Waals surface area contributed by atoms with Gasteiger partial charge in [-0.15, -0.1) is 0 Å². The van der Waals surface area contributed by atoms with Gasteiger partial charge in [0.15, 0.2) is 11.6 Å². The topological polar surface area (TPSA) is 80.5 Å². The first kappa shape index (κ1) is 16.5. The van der Waals surface area contributed by atoms with Crippen molar-refractivity contribution in [1.29, 1.82) is 0 Å². The van der Waals surface area contributed by atoms with Crippen LogP contribution in [0.4, 0.5) is 21.7 Å². The van der Waals surface area contributed by atoms with Crippen LogP contribution in [0.2, 0.25) is 0 Å². The van der Waals surface area contributed by atoms with E-state index in [-0.39, 0.29) is 17.2 Å².